The zero-order valence-electron chi connectivity index (χ0n) is 7.85. The van der Waals surface area contributed by atoms with Crippen molar-refractivity contribution in [2.45, 2.75) is 40.0 Å². The predicted molar refractivity (Wildman–Crippen MR) is 48.4 cm³/mol. The smallest absolute Gasteiger partial charge is 0.00814 e. The molecule has 0 saturated heterocycles. The van der Waals surface area contributed by atoms with Crippen LogP contribution in [0, 0.1) is 16.7 Å². The van der Waals surface area contributed by atoms with E-state index >= 15 is 0 Å². The Morgan fingerprint density at radius 2 is 1.91 bits per heavy atom. The van der Waals surface area contributed by atoms with Gasteiger partial charge >= 0.3 is 0 Å². The zero-order chi connectivity index (χ0) is 8.11. The Morgan fingerprint density at radius 3 is 2.27 bits per heavy atom. The van der Waals surface area contributed by atoms with Gasteiger partial charge in [0.15, 0.2) is 0 Å². The Hall–Kier alpha value is -0.260. The van der Waals surface area contributed by atoms with E-state index in [1.54, 1.807) is 0 Å². The lowest BCUT2D eigenvalue weighted by Crippen LogP contribution is -2.25. The van der Waals surface area contributed by atoms with Crippen molar-refractivity contribution in [2.75, 3.05) is 0 Å². The molecule has 0 nitrogen and oxygen atoms in total. The van der Waals surface area contributed by atoms with E-state index in [-0.39, 0.29) is 0 Å². The van der Waals surface area contributed by atoms with Gasteiger partial charge in [-0.15, -0.1) is 0 Å². The zero-order valence-corrected chi connectivity index (χ0v) is 7.85. The molecule has 0 heteroatoms. The molecule has 2 aliphatic rings. The fourth-order valence-electron chi connectivity index (χ4n) is 2.67. The van der Waals surface area contributed by atoms with Gasteiger partial charge in [-0.2, -0.15) is 0 Å². The third kappa shape index (κ3) is 1.04. The van der Waals surface area contributed by atoms with Gasteiger partial charge in [0.25, 0.3) is 0 Å². The summed E-state index contributed by atoms with van der Waals surface area (Å²) < 4.78 is 0. The van der Waals surface area contributed by atoms with E-state index in [0.29, 0.717) is 10.8 Å². The Morgan fingerprint density at radius 1 is 1.27 bits per heavy atom. The van der Waals surface area contributed by atoms with Crippen molar-refractivity contribution in [1.29, 1.82) is 0 Å². The molecule has 0 heterocycles. The first-order valence-corrected chi connectivity index (χ1v) is 4.72. The number of hydrogen-bond acceptors (Lipinski definition) is 0. The summed E-state index contributed by atoms with van der Waals surface area (Å²) in [5.74, 6) is 0.926. The van der Waals surface area contributed by atoms with Gasteiger partial charge in [-0.25, -0.2) is 0 Å². The molecule has 0 aromatic carbocycles. The third-order valence-electron chi connectivity index (χ3n) is 3.39. The second-order valence-corrected chi connectivity index (χ2v) is 5.29. The van der Waals surface area contributed by atoms with Crippen LogP contribution in [0.5, 0.6) is 0 Å². The first-order chi connectivity index (χ1) is 5.05. The van der Waals surface area contributed by atoms with E-state index in [0.717, 1.165) is 5.92 Å². The molecule has 0 radical (unpaired) electrons. The first kappa shape index (κ1) is 7.39. The molecule has 0 aromatic heterocycles. The minimum Gasteiger partial charge on any atom is -0.0876 e. The van der Waals surface area contributed by atoms with Crippen LogP contribution in [0.15, 0.2) is 12.2 Å². The second-order valence-electron chi connectivity index (χ2n) is 5.29. The molecule has 11 heavy (non-hydrogen) atoms. The molecule has 0 aromatic rings. The molecular formula is C11H18. The molecule has 0 N–H and O–H groups in total. The fourth-order valence-corrected chi connectivity index (χ4v) is 2.67. The van der Waals surface area contributed by atoms with Gasteiger partial charge < -0.3 is 0 Å². The summed E-state index contributed by atoms with van der Waals surface area (Å²) in [5.41, 5.74) is 1.18. The first-order valence-electron chi connectivity index (χ1n) is 4.72. The minimum atomic E-state index is 0.514. The lowest BCUT2D eigenvalue weighted by atomic mass is 9.72. The summed E-state index contributed by atoms with van der Waals surface area (Å²) in [6.45, 7) is 7.14. The summed E-state index contributed by atoms with van der Waals surface area (Å²) in [6.07, 6.45) is 9.09. The van der Waals surface area contributed by atoms with Crippen LogP contribution in [-0.4, -0.2) is 0 Å². The van der Waals surface area contributed by atoms with Gasteiger partial charge in [-0.05, 0) is 36.0 Å². The monoisotopic (exact) mass is 150 g/mol. The summed E-state index contributed by atoms with van der Waals surface area (Å²) in [6, 6.07) is 0. The van der Waals surface area contributed by atoms with E-state index in [1.165, 1.54) is 19.3 Å². The van der Waals surface area contributed by atoms with Crippen molar-refractivity contribution in [2.24, 2.45) is 16.7 Å². The van der Waals surface area contributed by atoms with E-state index in [2.05, 4.69) is 32.9 Å². The molecule has 2 rings (SSSR count). The Balaban J connectivity index is 2.18. The van der Waals surface area contributed by atoms with Crippen LogP contribution in [0.1, 0.15) is 40.0 Å². The predicted octanol–water partition coefficient (Wildman–Crippen LogP) is 3.39. The maximum absolute atomic E-state index is 2.48. The van der Waals surface area contributed by atoms with E-state index in [9.17, 15) is 0 Å². The number of rotatable bonds is 0. The molecule has 1 fully saturated rings. The highest BCUT2D eigenvalue weighted by molar-refractivity contribution is 5.20. The maximum Gasteiger partial charge on any atom is -0.00814 e. The molecule has 0 aliphatic heterocycles. The van der Waals surface area contributed by atoms with Crippen LogP contribution in [0.3, 0.4) is 0 Å². The van der Waals surface area contributed by atoms with Crippen molar-refractivity contribution >= 4 is 0 Å². The summed E-state index contributed by atoms with van der Waals surface area (Å²) >= 11 is 0. The third-order valence-corrected chi connectivity index (χ3v) is 3.39. The molecule has 0 bridgehead atoms. The van der Waals surface area contributed by atoms with E-state index in [1.807, 2.05) is 0 Å². The van der Waals surface area contributed by atoms with Gasteiger partial charge in [-0.1, -0.05) is 32.9 Å². The average Bonchev–Trinajstić information content (AvgIpc) is 2.38. The van der Waals surface area contributed by atoms with Crippen LogP contribution in [0.2, 0.25) is 0 Å². The van der Waals surface area contributed by atoms with E-state index in [4.69, 9.17) is 0 Å². The van der Waals surface area contributed by atoms with Crippen LogP contribution in [0.4, 0.5) is 0 Å². The van der Waals surface area contributed by atoms with Gasteiger partial charge in [-0.3, -0.25) is 0 Å². The lowest BCUT2D eigenvalue weighted by molar-refractivity contribution is 0.186. The van der Waals surface area contributed by atoms with Crippen molar-refractivity contribution in [3.8, 4) is 0 Å². The molecule has 62 valence electrons. The quantitative estimate of drug-likeness (QED) is 0.464. The summed E-state index contributed by atoms with van der Waals surface area (Å²) in [7, 11) is 0. The van der Waals surface area contributed by atoms with Crippen LogP contribution >= 0.6 is 0 Å². The topological polar surface area (TPSA) is 0 Å². The Kier molecular flexibility index (Phi) is 1.28. The molecular weight excluding hydrogens is 132 g/mol. The molecule has 1 saturated carbocycles. The standard InChI is InChI=1S/C11H18/c1-10(2,3)9-5-4-6-11(9)7-8-11/h4,6,9H,5,7-8H2,1-3H3. The molecule has 0 amide bonds. The Labute approximate surface area is 69.7 Å². The van der Waals surface area contributed by atoms with Crippen molar-refractivity contribution in [3.05, 3.63) is 12.2 Å². The lowest BCUT2D eigenvalue weighted by Gasteiger charge is -2.32. The normalized spacial score (nSPS) is 33.2. The van der Waals surface area contributed by atoms with Gasteiger partial charge in [0.2, 0.25) is 0 Å². The van der Waals surface area contributed by atoms with Crippen molar-refractivity contribution in [3.63, 3.8) is 0 Å². The SMILES string of the molecule is CC(C)(C)C1CC=CC12CC2. The van der Waals surface area contributed by atoms with Crippen LogP contribution < -0.4 is 0 Å². The molecule has 1 atom stereocenters. The summed E-state index contributed by atoms with van der Waals surface area (Å²) in [5, 5.41) is 0. The second kappa shape index (κ2) is 1.91. The molecule has 1 unspecified atom stereocenters. The van der Waals surface area contributed by atoms with Crippen molar-refractivity contribution < 1.29 is 0 Å². The average molecular weight is 150 g/mol. The Bertz CT molecular complexity index is 189. The largest absolute Gasteiger partial charge is 0.0876 e. The van der Waals surface area contributed by atoms with Gasteiger partial charge in [0, 0.05) is 0 Å². The van der Waals surface area contributed by atoms with Gasteiger partial charge in [0.1, 0.15) is 0 Å². The van der Waals surface area contributed by atoms with Gasteiger partial charge in [0.05, 0.1) is 0 Å². The van der Waals surface area contributed by atoms with Crippen molar-refractivity contribution in [1.82, 2.24) is 0 Å². The number of allylic oxidation sites excluding steroid dienone is 2. The fraction of sp³-hybridized carbons (Fsp3) is 0.818. The summed E-state index contributed by atoms with van der Waals surface area (Å²) in [4.78, 5) is 0. The molecule has 1 spiro atoms. The van der Waals surface area contributed by atoms with Crippen LogP contribution in [-0.2, 0) is 0 Å². The highest BCUT2D eigenvalue weighted by atomic mass is 14.6. The van der Waals surface area contributed by atoms with Crippen LogP contribution in [0.25, 0.3) is 0 Å². The highest BCUT2D eigenvalue weighted by Gasteiger charge is 2.52. The van der Waals surface area contributed by atoms with E-state index < -0.39 is 0 Å². The highest BCUT2D eigenvalue weighted by Crippen LogP contribution is 2.62. The molecule has 2 aliphatic carbocycles. The number of hydrogen-bond donors (Lipinski definition) is 0. The minimum absolute atomic E-state index is 0.514. The maximum atomic E-state index is 2.48.